The van der Waals surface area contributed by atoms with E-state index in [9.17, 15) is 19.2 Å². The van der Waals surface area contributed by atoms with E-state index in [-0.39, 0.29) is 17.8 Å². The maximum Gasteiger partial charge on any atom is 0.345 e. The lowest BCUT2D eigenvalue weighted by atomic mass is 10.1. The Hall–Kier alpha value is -3.62. The van der Waals surface area contributed by atoms with Gasteiger partial charge < -0.3 is 18.9 Å². The normalized spacial score (nSPS) is 10.7. The van der Waals surface area contributed by atoms with Crippen LogP contribution in [0, 0.1) is 0 Å². The number of esters is 1. The Morgan fingerprint density at radius 2 is 2.00 bits per heavy atom. The number of hydrogen-bond acceptors (Lipinski definition) is 7. The van der Waals surface area contributed by atoms with Crippen molar-refractivity contribution in [1.82, 2.24) is 9.55 Å². The van der Waals surface area contributed by atoms with Gasteiger partial charge in [-0.05, 0) is 12.1 Å². The number of fused-ring (bicyclic) bond motifs is 1. The quantitative estimate of drug-likeness (QED) is 0.534. The van der Waals surface area contributed by atoms with E-state index in [1.165, 1.54) is 20.2 Å². The highest BCUT2D eigenvalue weighted by Crippen LogP contribution is 2.23. The third kappa shape index (κ3) is 3.14. The summed E-state index contributed by atoms with van der Waals surface area (Å²) < 4.78 is 16.1. The lowest BCUT2D eigenvalue weighted by Crippen LogP contribution is -2.36. The number of aromatic amines is 1. The Balaban J connectivity index is 1.91. The Morgan fingerprint density at radius 1 is 1.23 bits per heavy atom. The number of carbonyl (C=O) groups is 1. The summed E-state index contributed by atoms with van der Waals surface area (Å²) in [6.45, 7) is -0.254. The highest BCUT2D eigenvalue weighted by atomic mass is 16.5. The number of rotatable bonds is 4. The van der Waals surface area contributed by atoms with E-state index in [1.54, 1.807) is 18.2 Å². The van der Waals surface area contributed by atoms with E-state index >= 15 is 0 Å². The molecule has 0 atom stereocenters. The summed E-state index contributed by atoms with van der Waals surface area (Å²) in [5, 5.41) is 0.563. The molecule has 0 aliphatic rings. The molecule has 0 saturated heterocycles. The number of hydrogen-bond donors (Lipinski definition) is 1. The number of methoxy groups -OCH3 is 1. The van der Waals surface area contributed by atoms with Gasteiger partial charge >= 0.3 is 17.3 Å². The fraction of sp³-hybridized carbons (Fsp3) is 0.176. The van der Waals surface area contributed by atoms with Crippen LogP contribution in [0.25, 0.3) is 11.0 Å². The standard InChI is InChI=1S/C17H14N2O7/c1-19-15(21)12(7-18-17(19)23)16(22)25-8-9-5-14(20)26-13-6-10(24-2)3-4-11(9)13/h3-7H,8H2,1-2H3,(H,18,23). The van der Waals surface area contributed by atoms with E-state index in [0.29, 0.717) is 16.7 Å². The van der Waals surface area contributed by atoms with E-state index in [0.717, 1.165) is 10.8 Å². The summed E-state index contributed by atoms with van der Waals surface area (Å²) >= 11 is 0. The lowest BCUT2D eigenvalue weighted by Gasteiger charge is -2.08. The molecule has 9 heteroatoms. The molecule has 0 unspecified atom stereocenters. The first-order valence-corrected chi connectivity index (χ1v) is 7.47. The molecule has 26 heavy (non-hydrogen) atoms. The van der Waals surface area contributed by atoms with E-state index in [1.807, 2.05) is 0 Å². The topological polar surface area (TPSA) is 121 Å². The zero-order valence-electron chi connectivity index (χ0n) is 13.9. The van der Waals surface area contributed by atoms with Crippen LogP contribution in [0.4, 0.5) is 0 Å². The molecule has 0 aliphatic carbocycles. The largest absolute Gasteiger partial charge is 0.497 e. The Morgan fingerprint density at radius 3 is 2.73 bits per heavy atom. The number of carbonyl (C=O) groups excluding carboxylic acids is 1. The Bertz CT molecular complexity index is 1170. The van der Waals surface area contributed by atoms with Crippen LogP contribution < -0.4 is 21.6 Å². The third-order valence-corrected chi connectivity index (χ3v) is 3.80. The summed E-state index contributed by atoms with van der Waals surface area (Å²) in [6.07, 6.45) is 0.995. The van der Waals surface area contributed by atoms with Crippen LogP contribution in [0.3, 0.4) is 0 Å². The molecule has 2 aromatic heterocycles. The van der Waals surface area contributed by atoms with Gasteiger partial charge in [-0.3, -0.25) is 9.36 Å². The molecule has 0 bridgehead atoms. The molecule has 0 saturated carbocycles. The smallest absolute Gasteiger partial charge is 0.345 e. The van der Waals surface area contributed by atoms with Crippen molar-refractivity contribution >= 4 is 16.9 Å². The minimum Gasteiger partial charge on any atom is -0.497 e. The van der Waals surface area contributed by atoms with Gasteiger partial charge in [-0.25, -0.2) is 14.4 Å². The second-order valence-electron chi connectivity index (χ2n) is 5.40. The van der Waals surface area contributed by atoms with Gasteiger partial charge in [0, 0.05) is 36.3 Å². The van der Waals surface area contributed by atoms with E-state index in [2.05, 4.69) is 4.98 Å². The predicted molar refractivity (Wildman–Crippen MR) is 90.5 cm³/mol. The first kappa shape index (κ1) is 17.2. The van der Waals surface area contributed by atoms with Crippen molar-refractivity contribution in [3.05, 3.63) is 72.8 Å². The molecule has 0 aliphatic heterocycles. The molecular weight excluding hydrogens is 344 g/mol. The van der Waals surface area contributed by atoms with Gasteiger partial charge in [0.05, 0.1) is 7.11 Å². The van der Waals surface area contributed by atoms with Crippen LogP contribution >= 0.6 is 0 Å². The van der Waals surface area contributed by atoms with E-state index in [4.69, 9.17) is 13.9 Å². The third-order valence-electron chi connectivity index (χ3n) is 3.80. The van der Waals surface area contributed by atoms with Gasteiger partial charge in [0.15, 0.2) is 0 Å². The molecule has 0 spiro atoms. The fourth-order valence-corrected chi connectivity index (χ4v) is 2.39. The maximum atomic E-state index is 12.1. The van der Waals surface area contributed by atoms with Crippen LogP contribution in [-0.2, 0) is 18.4 Å². The second-order valence-corrected chi connectivity index (χ2v) is 5.40. The zero-order valence-corrected chi connectivity index (χ0v) is 13.9. The SMILES string of the molecule is COc1ccc2c(COC(=O)c3c[nH]c(=O)n(C)c3=O)cc(=O)oc2c1. The predicted octanol–water partition coefficient (Wildman–Crippen LogP) is 0.546. The summed E-state index contributed by atoms with van der Waals surface area (Å²) in [6, 6.07) is 6.08. The number of ether oxygens (including phenoxy) is 2. The first-order valence-electron chi connectivity index (χ1n) is 7.47. The molecule has 0 fully saturated rings. The van der Waals surface area contributed by atoms with Crippen molar-refractivity contribution in [2.75, 3.05) is 7.11 Å². The second kappa shape index (κ2) is 6.71. The molecule has 134 valence electrons. The summed E-state index contributed by atoms with van der Waals surface area (Å²) in [4.78, 5) is 49.4. The number of H-pyrrole nitrogens is 1. The van der Waals surface area contributed by atoms with Crippen molar-refractivity contribution in [2.24, 2.45) is 7.05 Å². The highest BCUT2D eigenvalue weighted by molar-refractivity contribution is 5.89. The molecule has 0 radical (unpaired) electrons. The minimum atomic E-state index is -0.920. The van der Waals surface area contributed by atoms with Crippen LogP contribution in [0.1, 0.15) is 15.9 Å². The van der Waals surface area contributed by atoms with Crippen molar-refractivity contribution in [3.63, 3.8) is 0 Å². The molecule has 2 heterocycles. The summed E-state index contributed by atoms with van der Waals surface area (Å²) in [5.74, 6) is -0.414. The minimum absolute atomic E-state index is 0.254. The Labute approximate surface area is 145 Å². The van der Waals surface area contributed by atoms with Crippen LogP contribution in [0.15, 0.2) is 49.3 Å². The molecule has 1 aromatic carbocycles. The monoisotopic (exact) mass is 358 g/mol. The number of nitrogens with zero attached hydrogens (tertiary/aromatic N) is 1. The molecule has 9 nitrogen and oxygen atoms in total. The fourth-order valence-electron chi connectivity index (χ4n) is 2.39. The molecular formula is C17H14N2O7. The van der Waals surface area contributed by atoms with Gasteiger partial charge in [-0.15, -0.1) is 0 Å². The van der Waals surface area contributed by atoms with Gasteiger partial charge in [0.25, 0.3) is 5.56 Å². The summed E-state index contributed by atoms with van der Waals surface area (Å²) in [7, 11) is 2.72. The van der Waals surface area contributed by atoms with Crippen molar-refractivity contribution < 1.29 is 18.7 Å². The Kier molecular flexibility index (Phi) is 4.44. The number of nitrogens with one attached hydrogen (secondary N) is 1. The van der Waals surface area contributed by atoms with Gasteiger partial charge in [0.1, 0.15) is 23.5 Å². The van der Waals surface area contributed by atoms with E-state index < -0.39 is 22.8 Å². The lowest BCUT2D eigenvalue weighted by molar-refractivity contribution is 0.0470. The number of aromatic nitrogens is 2. The number of benzene rings is 1. The van der Waals surface area contributed by atoms with Gasteiger partial charge in [0.2, 0.25) is 0 Å². The van der Waals surface area contributed by atoms with Gasteiger partial charge in [-0.2, -0.15) is 0 Å². The van der Waals surface area contributed by atoms with Crippen LogP contribution in [0.2, 0.25) is 0 Å². The van der Waals surface area contributed by atoms with Crippen molar-refractivity contribution in [2.45, 2.75) is 6.61 Å². The first-order chi connectivity index (χ1) is 12.4. The average molecular weight is 358 g/mol. The molecule has 1 N–H and O–H groups in total. The van der Waals surface area contributed by atoms with Crippen LogP contribution in [0.5, 0.6) is 5.75 Å². The highest BCUT2D eigenvalue weighted by Gasteiger charge is 2.16. The zero-order chi connectivity index (χ0) is 18.8. The summed E-state index contributed by atoms with van der Waals surface area (Å²) in [5.41, 5.74) is -1.66. The van der Waals surface area contributed by atoms with Gasteiger partial charge in [-0.1, -0.05) is 0 Å². The average Bonchev–Trinajstić information content (AvgIpc) is 2.63. The van der Waals surface area contributed by atoms with Crippen LogP contribution in [-0.4, -0.2) is 22.6 Å². The molecule has 3 rings (SSSR count). The van der Waals surface area contributed by atoms with Crippen molar-refractivity contribution in [1.29, 1.82) is 0 Å². The molecule has 3 aromatic rings. The molecule has 0 amide bonds. The maximum absolute atomic E-state index is 12.1. The van der Waals surface area contributed by atoms with Crippen molar-refractivity contribution in [3.8, 4) is 5.75 Å².